The Morgan fingerprint density at radius 1 is 1.42 bits per heavy atom. The molecule has 0 aliphatic heterocycles. The van der Waals surface area contributed by atoms with Crippen molar-refractivity contribution < 1.29 is 4.39 Å². The highest BCUT2D eigenvalue weighted by molar-refractivity contribution is 9.10. The quantitative estimate of drug-likeness (QED) is 0.655. The van der Waals surface area contributed by atoms with Gasteiger partial charge in [-0.15, -0.1) is 0 Å². The van der Waals surface area contributed by atoms with Gasteiger partial charge >= 0.3 is 0 Å². The van der Waals surface area contributed by atoms with Gasteiger partial charge in [0, 0.05) is 6.54 Å². The minimum Gasteiger partial charge on any atom is -0.271 e. The summed E-state index contributed by atoms with van der Waals surface area (Å²) >= 11 is 3.49. The number of hydrogen-bond acceptors (Lipinski definition) is 3. The monoisotopic (exact) mass is 326 g/mol. The van der Waals surface area contributed by atoms with Gasteiger partial charge in [0.05, 0.1) is 22.4 Å². The molecule has 1 aromatic carbocycles. The summed E-state index contributed by atoms with van der Waals surface area (Å²) in [6, 6.07) is 6.35. The standard InChI is InChI=1S/C13H16BrFN4/c1-2-19-13(11(14)8-17-19)12(18-16)7-9-3-5-10(15)6-4-9/h3-6,8,12,18H,2,7,16H2,1H3. The number of aromatic nitrogens is 2. The largest absolute Gasteiger partial charge is 0.271 e. The summed E-state index contributed by atoms with van der Waals surface area (Å²) in [5, 5.41) is 4.27. The number of hydrazine groups is 1. The van der Waals surface area contributed by atoms with Crippen molar-refractivity contribution in [3.63, 3.8) is 0 Å². The molecule has 1 heterocycles. The van der Waals surface area contributed by atoms with Crippen molar-refractivity contribution in [1.82, 2.24) is 15.2 Å². The van der Waals surface area contributed by atoms with Crippen LogP contribution in [0.2, 0.25) is 0 Å². The van der Waals surface area contributed by atoms with E-state index in [1.54, 1.807) is 18.3 Å². The molecule has 0 saturated heterocycles. The van der Waals surface area contributed by atoms with Crippen molar-refractivity contribution >= 4 is 15.9 Å². The topological polar surface area (TPSA) is 55.9 Å². The smallest absolute Gasteiger partial charge is 0.123 e. The molecule has 0 aliphatic carbocycles. The minimum atomic E-state index is -0.235. The second-order valence-corrected chi connectivity index (χ2v) is 5.10. The fraction of sp³-hybridized carbons (Fsp3) is 0.308. The molecular formula is C13H16BrFN4. The molecule has 0 bridgehead atoms. The summed E-state index contributed by atoms with van der Waals surface area (Å²) in [5.74, 6) is 5.41. The zero-order chi connectivity index (χ0) is 13.8. The predicted molar refractivity (Wildman–Crippen MR) is 75.8 cm³/mol. The maximum Gasteiger partial charge on any atom is 0.123 e. The molecule has 1 aromatic heterocycles. The fourth-order valence-electron chi connectivity index (χ4n) is 2.06. The molecule has 0 aliphatic rings. The second-order valence-electron chi connectivity index (χ2n) is 4.24. The Morgan fingerprint density at radius 2 is 2.11 bits per heavy atom. The summed E-state index contributed by atoms with van der Waals surface area (Å²) in [6.45, 7) is 2.79. The first-order chi connectivity index (χ1) is 9.15. The average molecular weight is 327 g/mol. The summed E-state index contributed by atoms with van der Waals surface area (Å²) in [5.41, 5.74) is 4.81. The van der Waals surface area contributed by atoms with Crippen LogP contribution in [0.4, 0.5) is 4.39 Å². The molecule has 2 rings (SSSR count). The number of halogens is 2. The molecule has 102 valence electrons. The van der Waals surface area contributed by atoms with Crippen molar-refractivity contribution in [2.75, 3.05) is 0 Å². The Kier molecular flexibility index (Phi) is 4.68. The molecule has 4 nitrogen and oxygen atoms in total. The number of aryl methyl sites for hydroxylation is 1. The Bertz CT molecular complexity index is 538. The van der Waals surface area contributed by atoms with Crippen molar-refractivity contribution in [3.8, 4) is 0 Å². The molecule has 0 amide bonds. The molecule has 0 fully saturated rings. The lowest BCUT2D eigenvalue weighted by Crippen LogP contribution is -2.31. The third-order valence-electron chi connectivity index (χ3n) is 3.02. The number of benzene rings is 1. The highest BCUT2D eigenvalue weighted by Gasteiger charge is 2.18. The van der Waals surface area contributed by atoms with Crippen LogP contribution in [-0.2, 0) is 13.0 Å². The van der Waals surface area contributed by atoms with Crippen LogP contribution in [0.1, 0.15) is 24.2 Å². The van der Waals surface area contributed by atoms with Crippen LogP contribution in [0.5, 0.6) is 0 Å². The van der Waals surface area contributed by atoms with E-state index in [4.69, 9.17) is 5.84 Å². The number of rotatable bonds is 5. The van der Waals surface area contributed by atoms with Gasteiger partial charge in [0.1, 0.15) is 5.82 Å². The molecule has 1 atom stereocenters. The van der Waals surface area contributed by atoms with E-state index in [-0.39, 0.29) is 11.9 Å². The van der Waals surface area contributed by atoms with Crippen LogP contribution in [-0.4, -0.2) is 9.78 Å². The maximum absolute atomic E-state index is 12.9. The number of nitrogens with two attached hydrogens (primary N) is 1. The zero-order valence-electron chi connectivity index (χ0n) is 10.6. The Labute approximate surface area is 119 Å². The van der Waals surface area contributed by atoms with Gasteiger partial charge in [0.15, 0.2) is 0 Å². The normalized spacial score (nSPS) is 12.6. The second kappa shape index (κ2) is 6.27. The zero-order valence-corrected chi connectivity index (χ0v) is 12.2. The average Bonchev–Trinajstić information content (AvgIpc) is 2.79. The van der Waals surface area contributed by atoms with Crippen LogP contribution >= 0.6 is 15.9 Å². The van der Waals surface area contributed by atoms with Gasteiger partial charge in [-0.1, -0.05) is 12.1 Å². The Balaban J connectivity index is 2.24. The minimum absolute atomic E-state index is 0.0812. The Morgan fingerprint density at radius 3 is 2.68 bits per heavy atom. The van der Waals surface area contributed by atoms with Gasteiger partial charge < -0.3 is 0 Å². The third kappa shape index (κ3) is 3.20. The van der Waals surface area contributed by atoms with Crippen LogP contribution in [0.25, 0.3) is 0 Å². The first kappa shape index (κ1) is 14.2. The van der Waals surface area contributed by atoms with E-state index in [2.05, 4.69) is 26.5 Å². The van der Waals surface area contributed by atoms with E-state index in [0.717, 1.165) is 22.3 Å². The Hall–Kier alpha value is -1.24. The first-order valence-electron chi connectivity index (χ1n) is 6.07. The first-order valence-corrected chi connectivity index (χ1v) is 6.86. The molecule has 0 spiro atoms. The van der Waals surface area contributed by atoms with Crippen molar-refractivity contribution in [3.05, 3.63) is 52.0 Å². The maximum atomic E-state index is 12.9. The fourth-order valence-corrected chi connectivity index (χ4v) is 2.63. The third-order valence-corrected chi connectivity index (χ3v) is 3.63. The lowest BCUT2D eigenvalue weighted by Gasteiger charge is -2.18. The van der Waals surface area contributed by atoms with E-state index in [0.29, 0.717) is 6.42 Å². The molecule has 1 unspecified atom stereocenters. The van der Waals surface area contributed by atoms with E-state index in [9.17, 15) is 4.39 Å². The van der Waals surface area contributed by atoms with E-state index in [1.165, 1.54) is 12.1 Å². The predicted octanol–water partition coefficient (Wildman–Crippen LogP) is 2.55. The van der Waals surface area contributed by atoms with E-state index in [1.807, 2.05) is 11.6 Å². The molecular weight excluding hydrogens is 311 g/mol. The molecule has 3 N–H and O–H groups in total. The molecule has 2 aromatic rings. The number of nitrogens with zero attached hydrogens (tertiary/aromatic N) is 2. The van der Waals surface area contributed by atoms with Gasteiger partial charge in [0.2, 0.25) is 0 Å². The van der Waals surface area contributed by atoms with Crippen LogP contribution in [0, 0.1) is 5.82 Å². The summed E-state index contributed by atoms with van der Waals surface area (Å²) in [7, 11) is 0. The van der Waals surface area contributed by atoms with Crippen molar-refractivity contribution in [2.45, 2.75) is 25.9 Å². The highest BCUT2D eigenvalue weighted by atomic mass is 79.9. The summed E-state index contributed by atoms with van der Waals surface area (Å²) in [4.78, 5) is 0. The lowest BCUT2D eigenvalue weighted by molar-refractivity contribution is 0.488. The summed E-state index contributed by atoms with van der Waals surface area (Å²) < 4.78 is 15.7. The van der Waals surface area contributed by atoms with Crippen LogP contribution in [0.3, 0.4) is 0 Å². The van der Waals surface area contributed by atoms with E-state index < -0.39 is 0 Å². The van der Waals surface area contributed by atoms with Gasteiger partial charge in [0.25, 0.3) is 0 Å². The van der Waals surface area contributed by atoms with Gasteiger partial charge in [-0.2, -0.15) is 5.10 Å². The van der Waals surface area contributed by atoms with Crippen LogP contribution < -0.4 is 11.3 Å². The molecule has 0 radical (unpaired) electrons. The van der Waals surface area contributed by atoms with Crippen molar-refractivity contribution in [2.24, 2.45) is 5.84 Å². The summed E-state index contributed by atoms with van der Waals surface area (Å²) in [6.07, 6.45) is 2.43. The van der Waals surface area contributed by atoms with Gasteiger partial charge in [-0.3, -0.25) is 16.0 Å². The SMILES string of the molecule is CCn1ncc(Br)c1C(Cc1ccc(F)cc1)NN. The van der Waals surface area contributed by atoms with Gasteiger partial charge in [-0.25, -0.2) is 4.39 Å². The molecule has 0 saturated carbocycles. The van der Waals surface area contributed by atoms with Gasteiger partial charge in [-0.05, 0) is 47.0 Å². The molecule has 19 heavy (non-hydrogen) atoms. The van der Waals surface area contributed by atoms with E-state index >= 15 is 0 Å². The van der Waals surface area contributed by atoms with Crippen LogP contribution in [0.15, 0.2) is 34.9 Å². The van der Waals surface area contributed by atoms with Crippen molar-refractivity contribution in [1.29, 1.82) is 0 Å². The molecule has 6 heteroatoms. The highest BCUT2D eigenvalue weighted by Crippen LogP contribution is 2.25. The number of hydrogen-bond donors (Lipinski definition) is 2. The number of nitrogens with one attached hydrogen (secondary N) is 1. The lowest BCUT2D eigenvalue weighted by atomic mass is 10.0.